The second-order valence-corrected chi connectivity index (χ2v) is 3.61. The molecule has 4 heteroatoms. The fraction of sp³-hybridized carbons (Fsp3) is 0.417. The van der Waals surface area contributed by atoms with E-state index in [9.17, 15) is 4.79 Å². The molecule has 1 N–H and O–H groups in total. The standard InChI is InChI=1S/C12H15N3O/c1-3-10(7-13)12(16)15-9(2)11-5-4-6-14-8-11/h4-6,8-10H,3H2,1-2H3,(H,15,16). The van der Waals surface area contributed by atoms with Crippen LogP contribution < -0.4 is 5.32 Å². The van der Waals surface area contributed by atoms with E-state index < -0.39 is 5.92 Å². The van der Waals surface area contributed by atoms with Crippen molar-refractivity contribution in [3.05, 3.63) is 30.1 Å². The van der Waals surface area contributed by atoms with Crippen LogP contribution in [0.2, 0.25) is 0 Å². The zero-order valence-corrected chi connectivity index (χ0v) is 9.47. The van der Waals surface area contributed by atoms with Crippen LogP contribution in [0.5, 0.6) is 0 Å². The topological polar surface area (TPSA) is 65.8 Å². The van der Waals surface area contributed by atoms with Crippen molar-refractivity contribution < 1.29 is 4.79 Å². The maximum atomic E-state index is 11.6. The lowest BCUT2D eigenvalue weighted by atomic mass is 10.1. The second-order valence-electron chi connectivity index (χ2n) is 3.61. The molecular formula is C12H15N3O. The summed E-state index contributed by atoms with van der Waals surface area (Å²) in [5, 5.41) is 11.6. The lowest BCUT2D eigenvalue weighted by Gasteiger charge is -2.15. The molecule has 0 aliphatic rings. The number of rotatable bonds is 4. The second kappa shape index (κ2) is 5.86. The fourth-order valence-electron chi connectivity index (χ4n) is 1.36. The minimum absolute atomic E-state index is 0.122. The van der Waals surface area contributed by atoms with Gasteiger partial charge >= 0.3 is 0 Å². The molecule has 0 fully saturated rings. The Labute approximate surface area is 95.3 Å². The highest BCUT2D eigenvalue weighted by Gasteiger charge is 2.17. The lowest BCUT2D eigenvalue weighted by molar-refractivity contribution is -0.124. The zero-order chi connectivity index (χ0) is 12.0. The van der Waals surface area contributed by atoms with Crippen molar-refractivity contribution >= 4 is 5.91 Å². The Bertz CT molecular complexity index is 383. The van der Waals surface area contributed by atoms with E-state index in [1.165, 1.54) is 0 Å². The Morgan fingerprint density at radius 1 is 1.69 bits per heavy atom. The summed E-state index contributed by atoms with van der Waals surface area (Å²) in [6, 6.07) is 5.57. The number of carbonyl (C=O) groups is 1. The van der Waals surface area contributed by atoms with Gasteiger partial charge in [0, 0.05) is 12.4 Å². The average molecular weight is 217 g/mol. The van der Waals surface area contributed by atoms with Crippen molar-refractivity contribution in [3.8, 4) is 6.07 Å². The van der Waals surface area contributed by atoms with Gasteiger partial charge in [0.15, 0.2) is 0 Å². The average Bonchev–Trinajstić information content (AvgIpc) is 2.31. The fourth-order valence-corrected chi connectivity index (χ4v) is 1.36. The van der Waals surface area contributed by atoms with E-state index in [-0.39, 0.29) is 11.9 Å². The molecule has 1 aromatic rings. The summed E-state index contributed by atoms with van der Waals surface area (Å²) in [7, 11) is 0. The summed E-state index contributed by atoms with van der Waals surface area (Å²) in [5.74, 6) is -0.791. The summed E-state index contributed by atoms with van der Waals surface area (Å²) in [4.78, 5) is 15.6. The minimum Gasteiger partial charge on any atom is -0.348 e. The normalized spacial score (nSPS) is 13.6. The van der Waals surface area contributed by atoms with Gasteiger partial charge in [0.25, 0.3) is 0 Å². The maximum absolute atomic E-state index is 11.6. The van der Waals surface area contributed by atoms with Crippen molar-refractivity contribution in [1.29, 1.82) is 5.26 Å². The molecular weight excluding hydrogens is 202 g/mol. The van der Waals surface area contributed by atoms with Gasteiger partial charge in [0.05, 0.1) is 12.1 Å². The summed E-state index contributed by atoms with van der Waals surface area (Å²) < 4.78 is 0. The van der Waals surface area contributed by atoms with Crippen LogP contribution in [0.3, 0.4) is 0 Å². The van der Waals surface area contributed by atoms with Crippen LogP contribution >= 0.6 is 0 Å². The Morgan fingerprint density at radius 3 is 2.94 bits per heavy atom. The molecule has 0 spiro atoms. The van der Waals surface area contributed by atoms with Crippen molar-refractivity contribution in [1.82, 2.24) is 10.3 Å². The molecule has 0 saturated carbocycles. The zero-order valence-electron chi connectivity index (χ0n) is 9.47. The molecule has 0 aliphatic carbocycles. The molecule has 1 aromatic heterocycles. The van der Waals surface area contributed by atoms with Gasteiger partial charge in [-0.15, -0.1) is 0 Å². The summed E-state index contributed by atoms with van der Waals surface area (Å²) in [6.07, 6.45) is 3.92. The monoisotopic (exact) mass is 217 g/mol. The number of nitrogens with zero attached hydrogens (tertiary/aromatic N) is 2. The first-order chi connectivity index (χ1) is 7.69. The van der Waals surface area contributed by atoms with Crippen LogP contribution in [-0.2, 0) is 4.79 Å². The Balaban J connectivity index is 2.62. The summed E-state index contributed by atoms with van der Waals surface area (Å²) >= 11 is 0. The van der Waals surface area contributed by atoms with Crippen LogP contribution in [0.1, 0.15) is 31.9 Å². The van der Waals surface area contributed by atoms with Gasteiger partial charge in [-0.25, -0.2) is 0 Å². The number of aromatic nitrogens is 1. The van der Waals surface area contributed by atoms with E-state index >= 15 is 0 Å². The first-order valence-electron chi connectivity index (χ1n) is 5.29. The number of pyridine rings is 1. The summed E-state index contributed by atoms with van der Waals surface area (Å²) in [6.45, 7) is 3.70. The van der Waals surface area contributed by atoms with Gasteiger partial charge in [-0.05, 0) is 25.0 Å². The van der Waals surface area contributed by atoms with Crippen molar-refractivity contribution in [2.24, 2.45) is 5.92 Å². The van der Waals surface area contributed by atoms with E-state index in [0.29, 0.717) is 6.42 Å². The number of amides is 1. The number of nitriles is 1. The Morgan fingerprint density at radius 2 is 2.44 bits per heavy atom. The van der Waals surface area contributed by atoms with E-state index in [0.717, 1.165) is 5.56 Å². The van der Waals surface area contributed by atoms with Crippen LogP contribution in [0.15, 0.2) is 24.5 Å². The van der Waals surface area contributed by atoms with Gasteiger partial charge in [-0.2, -0.15) is 5.26 Å². The number of carbonyl (C=O) groups excluding carboxylic acids is 1. The Hall–Kier alpha value is -1.89. The van der Waals surface area contributed by atoms with Gasteiger partial charge < -0.3 is 5.32 Å². The van der Waals surface area contributed by atoms with E-state index in [1.54, 1.807) is 12.4 Å². The molecule has 0 aromatic carbocycles. The van der Waals surface area contributed by atoms with E-state index in [1.807, 2.05) is 32.0 Å². The first kappa shape index (κ1) is 12.2. The molecule has 16 heavy (non-hydrogen) atoms. The summed E-state index contributed by atoms with van der Waals surface area (Å²) in [5.41, 5.74) is 0.934. The molecule has 2 unspecified atom stereocenters. The van der Waals surface area contributed by atoms with Crippen LogP contribution in [0.4, 0.5) is 0 Å². The van der Waals surface area contributed by atoms with Gasteiger partial charge in [-0.3, -0.25) is 9.78 Å². The lowest BCUT2D eigenvalue weighted by Crippen LogP contribution is -2.31. The van der Waals surface area contributed by atoms with Crippen LogP contribution in [0.25, 0.3) is 0 Å². The predicted molar refractivity (Wildman–Crippen MR) is 60.2 cm³/mol. The predicted octanol–water partition coefficient (Wildman–Crippen LogP) is 1.81. The highest BCUT2D eigenvalue weighted by molar-refractivity contribution is 5.81. The van der Waals surface area contributed by atoms with Gasteiger partial charge in [0.1, 0.15) is 5.92 Å². The maximum Gasteiger partial charge on any atom is 0.237 e. The molecule has 0 aliphatic heterocycles. The molecule has 1 rings (SSSR count). The van der Waals surface area contributed by atoms with Gasteiger partial charge in [-0.1, -0.05) is 13.0 Å². The number of hydrogen-bond donors (Lipinski definition) is 1. The largest absolute Gasteiger partial charge is 0.348 e. The Kier molecular flexibility index (Phi) is 4.46. The smallest absolute Gasteiger partial charge is 0.237 e. The number of nitrogens with one attached hydrogen (secondary N) is 1. The highest BCUT2D eigenvalue weighted by Crippen LogP contribution is 2.11. The third-order valence-corrected chi connectivity index (χ3v) is 2.42. The molecule has 2 atom stereocenters. The third-order valence-electron chi connectivity index (χ3n) is 2.42. The SMILES string of the molecule is CCC(C#N)C(=O)NC(C)c1cccnc1. The van der Waals surface area contributed by atoms with Crippen LogP contribution in [0, 0.1) is 17.2 Å². The third kappa shape index (κ3) is 3.06. The van der Waals surface area contributed by atoms with E-state index in [2.05, 4.69) is 10.3 Å². The molecule has 84 valence electrons. The van der Waals surface area contributed by atoms with Gasteiger partial charge in [0.2, 0.25) is 5.91 Å². The molecule has 4 nitrogen and oxygen atoms in total. The quantitative estimate of drug-likeness (QED) is 0.836. The highest BCUT2D eigenvalue weighted by atomic mass is 16.1. The number of hydrogen-bond acceptors (Lipinski definition) is 3. The minimum atomic E-state index is -0.570. The van der Waals surface area contributed by atoms with E-state index in [4.69, 9.17) is 5.26 Å². The van der Waals surface area contributed by atoms with Crippen molar-refractivity contribution in [2.45, 2.75) is 26.3 Å². The molecule has 0 saturated heterocycles. The molecule has 0 bridgehead atoms. The first-order valence-corrected chi connectivity index (χ1v) is 5.29. The van der Waals surface area contributed by atoms with Crippen molar-refractivity contribution in [2.75, 3.05) is 0 Å². The molecule has 1 heterocycles. The van der Waals surface area contributed by atoms with Crippen LogP contribution in [-0.4, -0.2) is 10.9 Å². The van der Waals surface area contributed by atoms with Crippen molar-refractivity contribution in [3.63, 3.8) is 0 Å². The molecule has 1 amide bonds. The molecule has 0 radical (unpaired) electrons.